The molecule has 2 unspecified atom stereocenters. The number of methoxy groups -OCH3 is 1. The number of carbonyl (C=O) groups excluding carboxylic acids is 1. The molecule has 3 rings (SSSR count). The van der Waals surface area contributed by atoms with Crippen LogP contribution in [0.15, 0.2) is 60.7 Å². The number of para-hydroxylation sites is 1. The first-order chi connectivity index (χ1) is 10.3. The molecule has 0 saturated carbocycles. The van der Waals surface area contributed by atoms with Gasteiger partial charge in [-0.25, -0.2) is 0 Å². The van der Waals surface area contributed by atoms with Gasteiger partial charge in [-0.3, -0.25) is 9.69 Å². The lowest BCUT2D eigenvalue weighted by molar-refractivity contribution is -0.141. The Morgan fingerprint density at radius 1 is 1.05 bits per heavy atom. The van der Waals surface area contributed by atoms with E-state index in [1.165, 1.54) is 0 Å². The fourth-order valence-corrected chi connectivity index (χ4v) is 4.09. The third-order valence-corrected chi connectivity index (χ3v) is 5.14. The van der Waals surface area contributed by atoms with Gasteiger partial charge in [0.05, 0.1) is 0 Å². The van der Waals surface area contributed by atoms with Gasteiger partial charge in [-0.1, -0.05) is 48.5 Å². The Kier molecular flexibility index (Phi) is 3.74. The topological polar surface area (TPSA) is 29.5 Å². The number of nitrogens with zero attached hydrogens (tertiary/aromatic N) is 1. The summed E-state index contributed by atoms with van der Waals surface area (Å²) in [7, 11) is 1.60. The Hall–Kier alpha value is -1.78. The van der Waals surface area contributed by atoms with E-state index in [-0.39, 0.29) is 5.91 Å². The largest absolute Gasteiger partial charge is 0.368 e. The number of rotatable bonds is 4. The molecule has 0 bridgehead atoms. The van der Waals surface area contributed by atoms with E-state index in [2.05, 4.69) is 0 Å². The standard InChI is InChI=1S/C17H17NO2S/c1-20-15-16(19)18(14-11-7-4-8-12-14)17(15,21-2)13-9-5-3-6-10-13/h3-12,15H,1-2H3. The van der Waals surface area contributed by atoms with Crippen LogP contribution < -0.4 is 4.90 Å². The van der Waals surface area contributed by atoms with Crippen LogP contribution in [0.5, 0.6) is 0 Å². The van der Waals surface area contributed by atoms with Gasteiger partial charge in [-0.05, 0) is 24.0 Å². The van der Waals surface area contributed by atoms with Crippen molar-refractivity contribution < 1.29 is 9.53 Å². The third kappa shape index (κ3) is 1.98. The van der Waals surface area contributed by atoms with Gasteiger partial charge in [0, 0.05) is 12.8 Å². The molecule has 2 aromatic rings. The summed E-state index contributed by atoms with van der Waals surface area (Å²) in [6.45, 7) is 0. The van der Waals surface area contributed by atoms with Gasteiger partial charge >= 0.3 is 0 Å². The molecule has 4 heteroatoms. The van der Waals surface area contributed by atoms with Crippen molar-refractivity contribution in [2.75, 3.05) is 18.3 Å². The molecule has 0 radical (unpaired) electrons. The van der Waals surface area contributed by atoms with Crippen LogP contribution in [0.4, 0.5) is 5.69 Å². The average molecular weight is 299 g/mol. The predicted octanol–water partition coefficient (Wildman–Crippen LogP) is 3.26. The molecule has 1 aliphatic heterocycles. The molecule has 1 heterocycles. The fourth-order valence-electron chi connectivity index (χ4n) is 2.93. The van der Waals surface area contributed by atoms with Gasteiger partial charge in [0.1, 0.15) is 0 Å². The summed E-state index contributed by atoms with van der Waals surface area (Å²) in [5.41, 5.74) is 1.97. The second-order valence-corrected chi connectivity index (χ2v) is 5.92. The van der Waals surface area contributed by atoms with Crippen LogP contribution in [-0.4, -0.2) is 25.4 Å². The number of ether oxygens (including phenoxy) is 1. The highest BCUT2D eigenvalue weighted by Crippen LogP contribution is 2.52. The lowest BCUT2D eigenvalue weighted by Gasteiger charge is -2.55. The maximum Gasteiger partial charge on any atom is 0.261 e. The first-order valence-corrected chi connectivity index (χ1v) is 8.00. The summed E-state index contributed by atoms with van der Waals surface area (Å²) in [4.78, 5) is 13.9. The Bertz CT molecular complexity index is 632. The first kappa shape index (κ1) is 14.2. The summed E-state index contributed by atoms with van der Waals surface area (Å²) < 4.78 is 5.50. The van der Waals surface area contributed by atoms with Crippen molar-refractivity contribution in [3.8, 4) is 0 Å². The molecule has 2 atom stereocenters. The monoisotopic (exact) mass is 299 g/mol. The van der Waals surface area contributed by atoms with Gasteiger partial charge in [0.25, 0.3) is 5.91 Å². The first-order valence-electron chi connectivity index (χ1n) is 6.78. The molecular weight excluding hydrogens is 282 g/mol. The van der Waals surface area contributed by atoms with Crippen LogP contribution in [0.3, 0.4) is 0 Å². The highest BCUT2D eigenvalue weighted by molar-refractivity contribution is 7.99. The maximum absolute atomic E-state index is 12.5. The van der Waals surface area contributed by atoms with Gasteiger partial charge < -0.3 is 4.74 Å². The van der Waals surface area contributed by atoms with Crippen molar-refractivity contribution in [2.45, 2.75) is 11.0 Å². The van der Waals surface area contributed by atoms with E-state index in [1.54, 1.807) is 18.9 Å². The molecule has 0 aliphatic carbocycles. The van der Waals surface area contributed by atoms with Crippen molar-refractivity contribution in [1.82, 2.24) is 0 Å². The molecule has 0 spiro atoms. The lowest BCUT2D eigenvalue weighted by Crippen LogP contribution is -2.71. The predicted molar refractivity (Wildman–Crippen MR) is 86.4 cm³/mol. The molecule has 0 N–H and O–H groups in total. The zero-order valence-corrected chi connectivity index (χ0v) is 12.8. The Balaban J connectivity index is 2.13. The number of carbonyl (C=O) groups is 1. The molecule has 21 heavy (non-hydrogen) atoms. The van der Waals surface area contributed by atoms with Crippen LogP contribution in [0.2, 0.25) is 0 Å². The van der Waals surface area contributed by atoms with E-state index >= 15 is 0 Å². The summed E-state index contributed by atoms with van der Waals surface area (Å²) in [6.07, 6.45) is 1.55. The zero-order valence-electron chi connectivity index (χ0n) is 12.0. The van der Waals surface area contributed by atoms with E-state index in [0.29, 0.717) is 0 Å². The second-order valence-electron chi connectivity index (χ2n) is 4.89. The zero-order chi connectivity index (χ0) is 14.9. The SMILES string of the molecule is COC1C(=O)N(c2ccccc2)C1(SC)c1ccccc1. The van der Waals surface area contributed by atoms with Crippen LogP contribution in [0.25, 0.3) is 0 Å². The summed E-state index contributed by atoms with van der Waals surface area (Å²) in [6, 6.07) is 19.8. The fraction of sp³-hybridized carbons (Fsp3) is 0.235. The van der Waals surface area contributed by atoms with Crippen molar-refractivity contribution in [1.29, 1.82) is 0 Å². The van der Waals surface area contributed by atoms with Crippen LogP contribution in [0.1, 0.15) is 5.56 Å². The minimum atomic E-state index is -0.506. The van der Waals surface area contributed by atoms with Gasteiger partial charge in [0.2, 0.25) is 0 Å². The number of anilines is 1. The van der Waals surface area contributed by atoms with Crippen molar-refractivity contribution in [3.63, 3.8) is 0 Å². The molecule has 1 aliphatic rings. The van der Waals surface area contributed by atoms with Crippen LogP contribution in [0, 0.1) is 0 Å². The third-order valence-electron chi connectivity index (χ3n) is 3.88. The Morgan fingerprint density at radius 3 is 2.14 bits per heavy atom. The lowest BCUT2D eigenvalue weighted by atomic mass is 9.88. The quantitative estimate of drug-likeness (QED) is 0.812. The van der Waals surface area contributed by atoms with E-state index in [9.17, 15) is 4.79 Å². The molecule has 3 nitrogen and oxygen atoms in total. The average Bonchev–Trinajstić information content (AvgIpc) is 2.54. The Labute approximate surface area is 128 Å². The second kappa shape index (κ2) is 5.54. The van der Waals surface area contributed by atoms with E-state index < -0.39 is 11.0 Å². The number of hydrogen-bond donors (Lipinski definition) is 0. The summed E-state index contributed by atoms with van der Waals surface area (Å²) in [5.74, 6) is 0.00176. The summed E-state index contributed by atoms with van der Waals surface area (Å²) >= 11 is 1.63. The van der Waals surface area contributed by atoms with Crippen molar-refractivity contribution in [3.05, 3.63) is 66.2 Å². The molecule has 108 valence electrons. The molecule has 1 fully saturated rings. The minimum absolute atomic E-state index is 0.00176. The number of thioether (sulfide) groups is 1. The molecule has 1 amide bonds. The highest BCUT2D eigenvalue weighted by atomic mass is 32.2. The maximum atomic E-state index is 12.5. The van der Waals surface area contributed by atoms with E-state index in [1.807, 2.05) is 71.8 Å². The normalized spacial score (nSPS) is 24.8. The Morgan fingerprint density at radius 2 is 1.62 bits per heavy atom. The van der Waals surface area contributed by atoms with Crippen molar-refractivity contribution >= 4 is 23.4 Å². The highest BCUT2D eigenvalue weighted by Gasteiger charge is 2.62. The molecule has 2 aromatic carbocycles. The van der Waals surface area contributed by atoms with Gasteiger partial charge in [0.15, 0.2) is 11.0 Å². The smallest absolute Gasteiger partial charge is 0.261 e. The summed E-state index contributed by atoms with van der Waals surface area (Å²) in [5, 5.41) is 0. The minimum Gasteiger partial charge on any atom is -0.368 e. The molecule has 0 aromatic heterocycles. The van der Waals surface area contributed by atoms with Gasteiger partial charge in [-0.15, -0.1) is 11.8 Å². The van der Waals surface area contributed by atoms with Crippen molar-refractivity contribution in [2.24, 2.45) is 0 Å². The van der Waals surface area contributed by atoms with E-state index in [0.717, 1.165) is 11.3 Å². The number of amides is 1. The van der Waals surface area contributed by atoms with Crippen LogP contribution >= 0.6 is 11.8 Å². The molecule has 1 saturated heterocycles. The van der Waals surface area contributed by atoms with Gasteiger partial charge in [-0.2, -0.15) is 0 Å². The number of hydrogen-bond acceptors (Lipinski definition) is 3. The number of β-lactam (4-membered cyclic amide) rings is 1. The number of benzene rings is 2. The van der Waals surface area contributed by atoms with E-state index in [4.69, 9.17) is 4.74 Å². The molecular formula is C17H17NO2S. The van der Waals surface area contributed by atoms with Crippen LogP contribution in [-0.2, 0) is 14.4 Å².